The lowest BCUT2D eigenvalue weighted by molar-refractivity contribution is 0.654. The molecule has 41 heavy (non-hydrogen) atoms. The zero-order valence-corrected chi connectivity index (χ0v) is 28.2. The van der Waals surface area contributed by atoms with E-state index in [1.807, 2.05) is 45.3 Å². The van der Waals surface area contributed by atoms with E-state index in [2.05, 4.69) is 65.8 Å². The maximum absolute atomic E-state index is 5.35. The van der Waals surface area contributed by atoms with Gasteiger partial charge in [0, 0.05) is 49.4 Å². The number of thiophene rings is 4. The zero-order chi connectivity index (χ0) is 28.4. The number of rotatable bonds is 8. The van der Waals surface area contributed by atoms with Crippen LogP contribution in [0.15, 0.2) is 24.3 Å². The van der Waals surface area contributed by atoms with Crippen LogP contribution in [0.5, 0.6) is 0 Å². The molecule has 0 aliphatic rings. The van der Waals surface area contributed by atoms with Crippen molar-refractivity contribution in [3.63, 3.8) is 0 Å². The Morgan fingerprint density at radius 3 is 1.34 bits per heavy atom. The first-order valence-corrected chi connectivity index (χ1v) is 18.3. The maximum atomic E-state index is 5.35. The Kier molecular flexibility index (Phi) is 7.22. The third-order valence-corrected chi connectivity index (χ3v) is 12.6. The minimum atomic E-state index is 0.657. The molecule has 7 aromatic rings. The van der Waals surface area contributed by atoms with Crippen LogP contribution in [0.1, 0.15) is 62.7 Å². The number of benzene rings is 1. The standard InChI is InChI=1S/C32H32N4S5/c1-7-19-20(8-2)34-30-28(26-14-24-22(40-26)12-18(38-24)10-16(5)6)32-31(35-41-36-32)27(29(30)33-19)25-13-23-21(39-25)11-17(37-23)9-15(3)4/h11-16H,7-10H2,1-6H3. The van der Waals surface area contributed by atoms with Crippen molar-refractivity contribution < 1.29 is 0 Å². The molecule has 0 bridgehead atoms. The van der Waals surface area contributed by atoms with Gasteiger partial charge in [0.05, 0.1) is 23.1 Å². The largest absolute Gasteiger partial charge is 0.249 e. The van der Waals surface area contributed by atoms with E-state index in [9.17, 15) is 0 Å². The molecule has 0 amide bonds. The molecule has 0 N–H and O–H groups in total. The second-order valence-corrected chi connectivity index (χ2v) is 16.6. The smallest absolute Gasteiger partial charge is 0.116 e. The Bertz CT molecular complexity index is 1840. The Hall–Kier alpha value is -2.30. The minimum Gasteiger partial charge on any atom is -0.249 e. The Labute approximate surface area is 260 Å². The topological polar surface area (TPSA) is 51.6 Å². The van der Waals surface area contributed by atoms with Crippen LogP contribution < -0.4 is 0 Å². The molecule has 0 aliphatic carbocycles. The first kappa shape index (κ1) is 27.5. The van der Waals surface area contributed by atoms with Crippen molar-refractivity contribution in [3.05, 3.63) is 45.4 Å². The minimum absolute atomic E-state index is 0.657. The maximum Gasteiger partial charge on any atom is 0.116 e. The predicted octanol–water partition coefficient (Wildman–Crippen LogP) is 11.0. The van der Waals surface area contributed by atoms with Gasteiger partial charge in [-0.25, -0.2) is 9.97 Å². The number of hydrogen-bond donors (Lipinski definition) is 0. The van der Waals surface area contributed by atoms with Gasteiger partial charge in [-0.1, -0.05) is 41.5 Å². The van der Waals surface area contributed by atoms with E-state index >= 15 is 0 Å². The molecule has 1 aromatic carbocycles. The SMILES string of the molecule is CCc1nc2c(-c3cc4sc(CC(C)C)cc4s3)c3nsnc3c(-c3cc4sc(CC(C)C)cc4s3)c2nc1CC. The lowest BCUT2D eigenvalue weighted by atomic mass is 10.0. The van der Waals surface area contributed by atoms with Crippen LogP contribution in [0.4, 0.5) is 0 Å². The molecule has 0 fully saturated rings. The van der Waals surface area contributed by atoms with Crippen LogP contribution in [0.2, 0.25) is 0 Å². The van der Waals surface area contributed by atoms with Crippen LogP contribution in [-0.4, -0.2) is 18.7 Å². The zero-order valence-electron chi connectivity index (χ0n) is 24.1. The van der Waals surface area contributed by atoms with Crippen molar-refractivity contribution in [1.29, 1.82) is 0 Å². The summed E-state index contributed by atoms with van der Waals surface area (Å²) in [6, 6.07) is 9.46. The van der Waals surface area contributed by atoms with Crippen LogP contribution in [0.3, 0.4) is 0 Å². The van der Waals surface area contributed by atoms with E-state index in [1.54, 1.807) is 0 Å². The summed E-state index contributed by atoms with van der Waals surface area (Å²) in [6.07, 6.45) is 3.97. The number of fused-ring (bicyclic) bond motifs is 4. The van der Waals surface area contributed by atoms with Crippen molar-refractivity contribution >= 4 is 97.9 Å². The first-order valence-electron chi connectivity index (χ1n) is 14.4. The average molecular weight is 633 g/mol. The quantitative estimate of drug-likeness (QED) is 0.167. The highest BCUT2D eigenvalue weighted by molar-refractivity contribution is 7.30. The second-order valence-electron chi connectivity index (χ2n) is 11.5. The van der Waals surface area contributed by atoms with Crippen molar-refractivity contribution in [2.24, 2.45) is 11.8 Å². The third kappa shape index (κ3) is 4.83. The van der Waals surface area contributed by atoms with E-state index < -0.39 is 0 Å². The molecular formula is C32H32N4S5. The fraction of sp³-hybridized carbons (Fsp3) is 0.375. The van der Waals surface area contributed by atoms with Crippen LogP contribution >= 0.6 is 57.1 Å². The first-order chi connectivity index (χ1) is 19.8. The summed E-state index contributed by atoms with van der Waals surface area (Å²) in [7, 11) is 0. The van der Waals surface area contributed by atoms with Gasteiger partial charge in [-0.2, -0.15) is 8.75 Å². The van der Waals surface area contributed by atoms with E-state index in [0.717, 1.165) is 70.3 Å². The van der Waals surface area contributed by atoms with Crippen molar-refractivity contribution in [2.45, 2.75) is 67.2 Å². The van der Waals surface area contributed by atoms with Crippen LogP contribution in [0, 0.1) is 11.8 Å². The Morgan fingerprint density at radius 1 is 0.561 bits per heavy atom. The molecule has 0 saturated carbocycles. The molecule has 0 atom stereocenters. The number of nitrogens with zero attached hydrogens (tertiary/aromatic N) is 4. The monoisotopic (exact) mass is 632 g/mol. The summed E-state index contributed by atoms with van der Waals surface area (Å²) in [6.45, 7) is 13.5. The van der Waals surface area contributed by atoms with Gasteiger partial charge in [0.15, 0.2) is 0 Å². The molecule has 210 valence electrons. The van der Waals surface area contributed by atoms with Gasteiger partial charge in [-0.05, 0) is 61.8 Å². The van der Waals surface area contributed by atoms with Crippen molar-refractivity contribution in [1.82, 2.24) is 18.7 Å². The average Bonchev–Trinajstić information content (AvgIpc) is 3.72. The van der Waals surface area contributed by atoms with Gasteiger partial charge in [0.1, 0.15) is 22.1 Å². The normalized spacial score (nSPS) is 12.5. The summed E-state index contributed by atoms with van der Waals surface area (Å²) >= 11 is 8.84. The van der Waals surface area contributed by atoms with Crippen molar-refractivity contribution in [3.8, 4) is 20.9 Å². The summed E-state index contributed by atoms with van der Waals surface area (Å²) in [5.74, 6) is 1.31. The van der Waals surface area contributed by atoms with Gasteiger partial charge in [0.25, 0.3) is 0 Å². The molecule has 0 radical (unpaired) electrons. The Morgan fingerprint density at radius 2 is 0.976 bits per heavy atom. The highest BCUT2D eigenvalue weighted by Crippen LogP contribution is 2.48. The van der Waals surface area contributed by atoms with Crippen molar-refractivity contribution in [2.75, 3.05) is 0 Å². The molecule has 6 aromatic heterocycles. The predicted molar refractivity (Wildman–Crippen MR) is 184 cm³/mol. The molecule has 0 aliphatic heterocycles. The van der Waals surface area contributed by atoms with Gasteiger partial charge in [-0.15, -0.1) is 45.3 Å². The lowest BCUT2D eigenvalue weighted by Crippen LogP contribution is -2.03. The van der Waals surface area contributed by atoms with E-state index in [0.29, 0.717) is 11.8 Å². The molecule has 9 heteroatoms. The Balaban J connectivity index is 1.48. The van der Waals surface area contributed by atoms with Gasteiger partial charge >= 0.3 is 0 Å². The van der Waals surface area contributed by atoms with Crippen LogP contribution in [-0.2, 0) is 25.7 Å². The molecule has 6 heterocycles. The highest BCUT2D eigenvalue weighted by atomic mass is 32.1. The summed E-state index contributed by atoms with van der Waals surface area (Å²) in [4.78, 5) is 16.0. The van der Waals surface area contributed by atoms with Gasteiger partial charge < -0.3 is 0 Å². The van der Waals surface area contributed by atoms with Gasteiger partial charge in [0.2, 0.25) is 0 Å². The van der Waals surface area contributed by atoms with E-state index in [4.69, 9.17) is 18.7 Å². The summed E-state index contributed by atoms with van der Waals surface area (Å²) < 4.78 is 15.2. The number of aromatic nitrogens is 4. The molecule has 7 rings (SSSR count). The second kappa shape index (κ2) is 10.8. The summed E-state index contributed by atoms with van der Waals surface area (Å²) in [5, 5.41) is 0. The molecule has 0 saturated heterocycles. The highest BCUT2D eigenvalue weighted by Gasteiger charge is 2.26. The fourth-order valence-corrected chi connectivity index (χ4v) is 11.6. The lowest BCUT2D eigenvalue weighted by Gasteiger charge is -2.13. The molecule has 0 spiro atoms. The molecular weight excluding hydrogens is 601 g/mol. The number of aryl methyl sites for hydroxylation is 2. The molecule has 4 nitrogen and oxygen atoms in total. The van der Waals surface area contributed by atoms with E-state index in [1.165, 1.54) is 50.0 Å². The third-order valence-electron chi connectivity index (χ3n) is 7.38. The van der Waals surface area contributed by atoms with E-state index in [-0.39, 0.29) is 0 Å². The fourth-order valence-electron chi connectivity index (χ4n) is 5.65. The van der Waals surface area contributed by atoms with Gasteiger partial charge in [-0.3, -0.25) is 0 Å². The number of hydrogen-bond acceptors (Lipinski definition) is 9. The molecule has 0 unspecified atom stereocenters. The van der Waals surface area contributed by atoms with Crippen LogP contribution in [0.25, 0.3) is 61.7 Å². The summed E-state index contributed by atoms with van der Waals surface area (Å²) in [5.41, 5.74) is 8.17.